The highest BCUT2D eigenvalue weighted by molar-refractivity contribution is 14.1. The van der Waals surface area contributed by atoms with Gasteiger partial charge >= 0.3 is 5.97 Å². The zero-order chi connectivity index (χ0) is 86.4. The number of halogens is 2. The van der Waals surface area contributed by atoms with Gasteiger partial charge in [-0.15, -0.1) is 0 Å². The van der Waals surface area contributed by atoms with Crippen molar-refractivity contribution >= 4 is 116 Å². The van der Waals surface area contributed by atoms with Gasteiger partial charge in [0, 0.05) is 99.1 Å². The van der Waals surface area contributed by atoms with Crippen LogP contribution in [0.5, 0.6) is 86.2 Å². The van der Waals surface area contributed by atoms with Crippen molar-refractivity contribution in [3.05, 3.63) is 324 Å². The lowest BCUT2D eigenvalue weighted by Crippen LogP contribution is -2.24. The van der Waals surface area contributed by atoms with Crippen molar-refractivity contribution in [1.29, 1.82) is 0 Å². The summed E-state index contributed by atoms with van der Waals surface area (Å²) < 4.78 is 92.7. The Hall–Kier alpha value is -12.5. The van der Waals surface area contributed by atoms with E-state index in [1.54, 1.807) is 85.1 Å². The van der Waals surface area contributed by atoms with Gasteiger partial charge in [0.25, 0.3) is 0 Å². The Morgan fingerprint density at radius 2 is 0.680 bits per heavy atom. The zero-order valence-corrected chi connectivity index (χ0v) is 75.2. The van der Waals surface area contributed by atoms with Crippen LogP contribution in [0.25, 0.3) is 75.8 Å². The molecule has 0 radical (unpaired) electrons. The molecule has 4 aliphatic heterocycles. The lowest BCUT2D eigenvalue weighted by atomic mass is 9.78. The number of ether oxygens (including phenoxy) is 16. The number of benzene rings is 16. The predicted molar refractivity (Wildman–Crippen MR) is 512 cm³/mol. The van der Waals surface area contributed by atoms with Crippen molar-refractivity contribution in [3.63, 3.8) is 0 Å². The molecule has 5 unspecified atom stereocenters. The summed E-state index contributed by atoms with van der Waals surface area (Å²) in [5, 5.41) is 13.3. The molecule has 125 heavy (non-hydrogen) atoms. The minimum absolute atomic E-state index is 0. The van der Waals surface area contributed by atoms with Gasteiger partial charge in [0.15, 0.2) is 12.4 Å². The third-order valence-corrected chi connectivity index (χ3v) is 24.4. The van der Waals surface area contributed by atoms with Crippen molar-refractivity contribution in [3.8, 4) is 97.4 Å². The van der Waals surface area contributed by atoms with E-state index in [2.05, 4.69) is 256 Å². The molecule has 0 spiro atoms. The van der Waals surface area contributed by atoms with Gasteiger partial charge in [-0.3, -0.25) is 0 Å². The number of methoxy groups -OCH3 is 11. The fourth-order valence-corrected chi connectivity index (χ4v) is 19.1. The summed E-state index contributed by atoms with van der Waals surface area (Å²) in [5.74, 6) is 11.7. The standard InChI is InChI=1S/C36H28O4.C30H22I2O4.C30H24O4.C7H12O4.C2H6O.CH4/c1-37-26-14-9-23-12-17-31(39-3)34(29(23)20-26)36-28-16-11-25(22-7-5-4-6-8-22)19-33(28)40-32-18-13-24-10-15-27(38-2)21-30(24)35(32)36;1-33-19-8-4-16-6-10-25(35-3)27(21(16)14-19)29-23-12-18(31)13-24(32)30(23)36-26-11-7-17-5-9-20(34-2)15-22(17)28(26)29;1-31-20-12-8-18-10-14-26(33-3)28(23(18)16-20)30-22-6-4-5-7-25(22)34-27-15-11-19-9-13-21(32-2)17-24(19)29(27)30;1-5(9-2)11-6-3-4-10-7(6)8;1-3-2;/h4-21,36H,1-3H3;4-15,29H,1-3H3;4-17,30H,1-3H3;5-6H,3-4H2,1-2H3;1-2H3;1H4. The molecule has 0 aromatic heterocycles. The van der Waals surface area contributed by atoms with Gasteiger partial charge in [-0.2, -0.15) is 0 Å². The Morgan fingerprint density at radius 3 is 1.06 bits per heavy atom. The number of cyclic esters (lactones) is 1. The van der Waals surface area contributed by atoms with E-state index in [4.69, 9.17) is 71.1 Å². The molecular weight excluding hydrogens is 1800 g/mol. The molecule has 1 fully saturated rings. The Balaban J connectivity index is 0.000000134. The van der Waals surface area contributed by atoms with E-state index in [-0.39, 0.29) is 37.4 Å². The van der Waals surface area contributed by atoms with Crippen LogP contribution in [0.4, 0.5) is 0 Å². The van der Waals surface area contributed by atoms with E-state index in [9.17, 15) is 4.79 Å². The van der Waals surface area contributed by atoms with Crippen LogP contribution < -0.4 is 56.8 Å². The highest BCUT2D eigenvalue weighted by Gasteiger charge is 2.39. The second-order valence-corrected chi connectivity index (χ2v) is 32.3. The highest BCUT2D eigenvalue weighted by atomic mass is 127. The van der Waals surface area contributed by atoms with Gasteiger partial charge in [-0.25, -0.2) is 4.79 Å². The maximum atomic E-state index is 10.8. The third kappa shape index (κ3) is 17.4. The second-order valence-electron chi connectivity index (χ2n) is 29.9. The van der Waals surface area contributed by atoms with Crippen LogP contribution in [0.1, 0.15) is 88.6 Å². The van der Waals surface area contributed by atoms with Crippen molar-refractivity contribution in [2.45, 2.75) is 50.9 Å². The van der Waals surface area contributed by atoms with Crippen LogP contribution in [0.3, 0.4) is 0 Å². The first kappa shape index (κ1) is 87.4. The van der Waals surface area contributed by atoms with Gasteiger partial charge < -0.3 is 75.8 Å². The number of carbonyl (C=O) groups is 1. The first-order valence-corrected chi connectivity index (χ1v) is 42.5. The molecule has 17 nitrogen and oxygen atoms in total. The number of para-hydroxylation sites is 1. The summed E-state index contributed by atoms with van der Waals surface area (Å²) in [6.07, 6.45) is -0.136. The molecule has 0 bridgehead atoms. The molecule has 4 aliphatic rings. The Labute approximate surface area is 755 Å². The van der Waals surface area contributed by atoms with E-state index in [0.29, 0.717) is 13.0 Å². The smallest absolute Gasteiger partial charge is 0.335 e. The molecule has 16 aromatic rings. The summed E-state index contributed by atoms with van der Waals surface area (Å²) in [4.78, 5) is 10.8. The summed E-state index contributed by atoms with van der Waals surface area (Å²) >= 11 is 4.76. The number of fused-ring (bicyclic) bond motifs is 15. The lowest BCUT2D eigenvalue weighted by molar-refractivity contribution is -0.169. The molecular formula is C106H96I2O17. The Bertz CT molecular complexity index is 6680. The fourth-order valence-electron chi connectivity index (χ4n) is 17.1. The molecule has 0 saturated carbocycles. The minimum atomic E-state index is -0.426. The maximum absolute atomic E-state index is 10.8. The van der Waals surface area contributed by atoms with Gasteiger partial charge in [-0.1, -0.05) is 141 Å². The largest absolute Gasteiger partial charge is 0.497 e. The monoisotopic (exact) mass is 1890 g/mol. The van der Waals surface area contributed by atoms with Gasteiger partial charge in [-0.05, 0) is 261 Å². The highest BCUT2D eigenvalue weighted by Crippen LogP contribution is 2.59. The zero-order valence-electron chi connectivity index (χ0n) is 70.9. The maximum Gasteiger partial charge on any atom is 0.335 e. The molecule has 0 amide bonds. The van der Waals surface area contributed by atoms with Crippen molar-refractivity contribution in [1.82, 2.24) is 0 Å². The average Bonchev–Trinajstić information content (AvgIpc) is 0.804. The summed E-state index contributed by atoms with van der Waals surface area (Å²) in [5.41, 5.74) is 12.1. The van der Waals surface area contributed by atoms with E-state index in [1.807, 2.05) is 60.7 Å². The van der Waals surface area contributed by atoms with Crippen LogP contribution in [0, 0.1) is 7.14 Å². The number of hydrogen-bond acceptors (Lipinski definition) is 17. The number of carbonyl (C=O) groups excluding carboxylic acids is 1. The van der Waals surface area contributed by atoms with Crippen LogP contribution in [0.2, 0.25) is 0 Å². The average molecular weight is 1900 g/mol. The predicted octanol–water partition coefficient (Wildman–Crippen LogP) is 26.0. The van der Waals surface area contributed by atoms with Crippen LogP contribution in [-0.4, -0.2) is 110 Å². The second kappa shape index (κ2) is 38.7. The fraction of sp³-hybridized carbons (Fsp3) is 0.198. The number of rotatable bonds is 16. The third-order valence-electron chi connectivity index (χ3n) is 23.0. The van der Waals surface area contributed by atoms with Crippen LogP contribution in [-0.2, 0) is 23.7 Å². The summed E-state index contributed by atoms with van der Waals surface area (Å²) in [7, 11) is 20.2. The molecule has 0 aliphatic carbocycles. The molecule has 20 rings (SSSR count). The molecule has 636 valence electrons. The first-order chi connectivity index (χ1) is 60.6. The SMILES string of the molecule is C.COC.COC(C)OC1CCOC1=O.COc1ccc2ccc(OC)c(C3c4cc(I)cc(I)c4Oc4ccc5ccc(OC)cc5c43)c2c1.COc1ccc2ccc(OC)c(C3c4ccc(-c5ccccc5)cc4Oc4ccc5ccc(OC)cc5c43)c2c1.COc1ccc2ccc(OC)c(C3c4ccccc4Oc4ccc5ccc(OC)cc5c43)c2c1. The van der Waals surface area contributed by atoms with Gasteiger partial charge in [0.2, 0.25) is 0 Å². The van der Waals surface area contributed by atoms with E-state index >= 15 is 0 Å². The molecule has 1 saturated heterocycles. The summed E-state index contributed by atoms with van der Waals surface area (Å²) in [6.45, 7) is 2.20. The quantitative estimate of drug-likeness (QED) is 0.0509. The molecule has 4 heterocycles. The molecule has 0 N–H and O–H groups in total. The Morgan fingerprint density at radius 1 is 0.328 bits per heavy atom. The number of hydrogen-bond donors (Lipinski definition) is 0. The van der Waals surface area contributed by atoms with Crippen molar-refractivity contribution in [2.24, 2.45) is 0 Å². The van der Waals surface area contributed by atoms with Gasteiger partial charge in [0.05, 0.1) is 74.2 Å². The van der Waals surface area contributed by atoms with Crippen LogP contribution in [0.15, 0.2) is 267 Å². The lowest BCUT2D eigenvalue weighted by Gasteiger charge is -2.32. The normalized spacial score (nSPS) is 14.9. The van der Waals surface area contributed by atoms with E-state index in [0.717, 1.165) is 219 Å². The number of esters is 1. The molecule has 5 atom stereocenters. The Kier molecular flexibility index (Phi) is 27.1. The van der Waals surface area contributed by atoms with Crippen LogP contribution >= 0.6 is 45.2 Å². The molecule has 16 aromatic carbocycles. The molecule has 19 heteroatoms. The van der Waals surface area contributed by atoms with Gasteiger partial charge in [0.1, 0.15) is 86.2 Å². The van der Waals surface area contributed by atoms with E-state index < -0.39 is 6.10 Å². The van der Waals surface area contributed by atoms with E-state index in [1.165, 1.54) is 7.11 Å². The van der Waals surface area contributed by atoms with Crippen molar-refractivity contribution in [2.75, 3.05) is 91.9 Å². The first-order valence-electron chi connectivity index (χ1n) is 40.4. The summed E-state index contributed by atoms with van der Waals surface area (Å²) in [6, 6.07) is 91.7. The minimum Gasteiger partial charge on any atom is -0.497 e. The topological polar surface area (TPSA) is 165 Å². The van der Waals surface area contributed by atoms with Crippen molar-refractivity contribution < 1.29 is 80.6 Å².